The van der Waals surface area contributed by atoms with E-state index in [-0.39, 0.29) is 6.42 Å². The molecular weight excluding hydrogens is 272 g/mol. The summed E-state index contributed by atoms with van der Waals surface area (Å²) in [5.74, 6) is -2.50. The molecule has 0 bridgehead atoms. The maximum atomic E-state index is 11.1. The van der Waals surface area contributed by atoms with Gasteiger partial charge in [-0.25, -0.2) is 16.8 Å². The zero-order valence-electron chi connectivity index (χ0n) is 9.39. The van der Waals surface area contributed by atoms with Crippen molar-refractivity contribution in [3.63, 3.8) is 0 Å². The standard InChI is InChI=1S/C7H14N2O6S2/c1-6(10)8-16(12,13)4-3-5-17(14,15)9-7(2)11/h3-5H2,1-2H3,(H,8,10)(H,9,11). The van der Waals surface area contributed by atoms with Crippen LogP contribution in [-0.4, -0.2) is 40.2 Å². The van der Waals surface area contributed by atoms with Crippen LogP contribution in [0.25, 0.3) is 0 Å². The number of rotatable bonds is 6. The van der Waals surface area contributed by atoms with Crippen LogP contribution in [0.2, 0.25) is 0 Å². The fourth-order valence-corrected chi connectivity index (χ4v) is 3.29. The first-order valence-corrected chi connectivity index (χ1v) is 7.87. The average molecular weight is 286 g/mol. The highest BCUT2D eigenvalue weighted by atomic mass is 32.2. The minimum atomic E-state index is -3.81. The quantitative estimate of drug-likeness (QED) is 0.600. The summed E-state index contributed by atoms with van der Waals surface area (Å²) in [6.45, 7) is 2.07. The summed E-state index contributed by atoms with van der Waals surface area (Å²) >= 11 is 0. The van der Waals surface area contributed by atoms with E-state index in [4.69, 9.17) is 0 Å². The van der Waals surface area contributed by atoms with Crippen molar-refractivity contribution in [1.82, 2.24) is 9.44 Å². The monoisotopic (exact) mass is 286 g/mol. The Hall–Kier alpha value is -1.16. The van der Waals surface area contributed by atoms with E-state index < -0.39 is 43.4 Å². The zero-order chi connectivity index (χ0) is 13.7. The fourth-order valence-electron chi connectivity index (χ4n) is 0.979. The van der Waals surface area contributed by atoms with Crippen molar-refractivity contribution >= 4 is 31.9 Å². The van der Waals surface area contributed by atoms with E-state index in [9.17, 15) is 26.4 Å². The summed E-state index contributed by atoms with van der Waals surface area (Å²) in [6.07, 6.45) is -0.217. The highest BCUT2D eigenvalue weighted by Gasteiger charge is 2.16. The molecule has 0 aromatic rings. The number of carbonyl (C=O) groups is 2. The fraction of sp³-hybridized carbons (Fsp3) is 0.714. The summed E-state index contributed by atoms with van der Waals surface area (Å²) < 4.78 is 47.9. The second-order valence-electron chi connectivity index (χ2n) is 3.31. The van der Waals surface area contributed by atoms with Gasteiger partial charge in [-0.2, -0.15) is 0 Å². The molecule has 0 saturated carbocycles. The lowest BCUT2D eigenvalue weighted by molar-refractivity contribution is -0.118. The van der Waals surface area contributed by atoms with Gasteiger partial charge in [-0.3, -0.25) is 19.0 Å². The van der Waals surface area contributed by atoms with E-state index in [1.807, 2.05) is 0 Å². The SMILES string of the molecule is CC(=O)NS(=O)(=O)CCCS(=O)(=O)NC(C)=O. The Morgan fingerprint density at radius 2 is 1.12 bits per heavy atom. The van der Waals surface area contributed by atoms with Crippen LogP contribution in [0.4, 0.5) is 0 Å². The van der Waals surface area contributed by atoms with E-state index in [0.717, 1.165) is 13.8 Å². The second kappa shape index (κ2) is 5.96. The Bertz CT molecular complexity index is 446. The predicted molar refractivity (Wildman–Crippen MR) is 59.8 cm³/mol. The van der Waals surface area contributed by atoms with E-state index >= 15 is 0 Å². The highest BCUT2D eigenvalue weighted by Crippen LogP contribution is 1.94. The molecule has 0 spiro atoms. The smallest absolute Gasteiger partial charge is 0.234 e. The summed E-state index contributed by atoms with van der Waals surface area (Å²) in [7, 11) is -7.62. The molecule has 0 aliphatic rings. The third-order valence-electron chi connectivity index (χ3n) is 1.42. The number of nitrogens with one attached hydrogen (secondary N) is 2. The van der Waals surface area contributed by atoms with Crippen molar-refractivity contribution in [3.05, 3.63) is 0 Å². The van der Waals surface area contributed by atoms with Crippen molar-refractivity contribution in [1.29, 1.82) is 0 Å². The summed E-state index contributed by atoms with van der Waals surface area (Å²) in [4.78, 5) is 21.0. The molecule has 0 unspecified atom stereocenters. The van der Waals surface area contributed by atoms with Crippen LogP contribution in [-0.2, 0) is 29.6 Å². The van der Waals surface area contributed by atoms with Crippen LogP contribution in [0, 0.1) is 0 Å². The van der Waals surface area contributed by atoms with Gasteiger partial charge in [-0.15, -0.1) is 0 Å². The molecule has 0 aliphatic carbocycles. The normalized spacial score (nSPS) is 11.9. The molecule has 0 aliphatic heterocycles. The molecule has 0 saturated heterocycles. The Morgan fingerprint density at radius 1 is 0.824 bits per heavy atom. The first-order valence-electron chi connectivity index (χ1n) is 4.56. The van der Waals surface area contributed by atoms with Crippen LogP contribution in [0.15, 0.2) is 0 Å². The van der Waals surface area contributed by atoms with Gasteiger partial charge in [-0.05, 0) is 6.42 Å². The van der Waals surface area contributed by atoms with E-state index in [0.29, 0.717) is 0 Å². The third-order valence-corrected chi connectivity index (χ3v) is 4.27. The van der Waals surface area contributed by atoms with E-state index in [2.05, 4.69) is 0 Å². The lowest BCUT2D eigenvalue weighted by Crippen LogP contribution is -2.33. The van der Waals surface area contributed by atoms with Crippen LogP contribution in [0.5, 0.6) is 0 Å². The summed E-state index contributed by atoms with van der Waals surface area (Å²) in [6, 6.07) is 0. The first kappa shape index (κ1) is 15.8. The molecule has 0 aromatic carbocycles. The van der Waals surface area contributed by atoms with E-state index in [1.165, 1.54) is 0 Å². The van der Waals surface area contributed by atoms with Gasteiger partial charge in [0.25, 0.3) is 0 Å². The number of hydrogen-bond donors (Lipinski definition) is 2. The average Bonchev–Trinajstić information content (AvgIpc) is 1.96. The molecule has 0 aromatic heterocycles. The van der Waals surface area contributed by atoms with Gasteiger partial charge >= 0.3 is 0 Å². The highest BCUT2D eigenvalue weighted by molar-refractivity contribution is 7.90. The van der Waals surface area contributed by atoms with Gasteiger partial charge in [0.2, 0.25) is 31.9 Å². The van der Waals surface area contributed by atoms with Crippen molar-refractivity contribution < 1.29 is 26.4 Å². The van der Waals surface area contributed by atoms with Gasteiger partial charge in [0.1, 0.15) is 0 Å². The minimum absolute atomic E-state index is 0.217. The number of sulfonamides is 2. The molecule has 2 N–H and O–H groups in total. The molecule has 0 atom stereocenters. The molecule has 0 heterocycles. The Labute approximate surface area is 99.9 Å². The van der Waals surface area contributed by atoms with E-state index in [1.54, 1.807) is 9.44 Å². The van der Waals surface area contributed by atoms with Crippen molar-refractivity contribution in [3.8, 4) is 0 Å². The summed E-state index contributed by atoms with van der Waals surface area (Å²) in [5.41, 5.74) is 0. The Balaban J connectivity index is 4.25. The van der Waals surface area contributed by atoms with Gasteiger partial charge in [0, 0.05) is 13.8 Å². The maximum absolute atomic E-state index is 11.1. The third kappa shape index (κ3) is 8.63. The second-order valence-corrected chi connectivity index (χ2v) is 6.99. The number of amides is 2. The van der Waals surface area contributed by atoms with Gasteiger partial charge in [-0.1, -0.05) is 0 Å². The Kier molecular flexibility index (Phi) is 5.55. The summed E-state index contributed by atoms with van der Waals surface area (Å²) in [5, 5.41) is 0. The number of carbonyl (C=O) groups excluding carboxylic acids is 2. The Morgan fingerprint density at radius 3 is 1.35 bits per heavy atom. The van der Waals surface area contributed by atoms with Gasteiger partial charge < -0.3 is 0 Å². The molecule has 10 heteroatoms. The molecule has 100 valence electrons. The molecule has 2 amide bonds. The molecule has 0 radical (unpaired) electrons. The van der Waals surface area contributed by atoms with Crippen LogP contribution >= 0.6 is 0 Å². The van der Waals surface area contributed by atoms with Crippen LogP contribution < -0.4 is 9.44 Å². The lowest BCUT2D eigenvalue weighted by atomic mass is 10.6. The minimum Gasteiger partial charge on any atom is -0.274 e. The molecular formula is C7H14N2O6S2. The molecule has 17 heavy (non-hydrogen) atoms. The van der Waals surface area contributed by atoms with Crippen molar-refractivity contribution in [2.45, 2.75) is 20.3 Å². The predicted octanol–water partition coefficient (Wildman–Crippen LogP) is -1.69. The molecule has 8 nitrogen and oxygen atoms in total. The van der Waals surface area contributed by atoms with Crippen LogP contribution in [0.3, 0.4) is 0 Å². The maximum Gasteiger partial charge on any atom is 0.234 e. The van der Waals surface area contributed by atoms with Gasteiger partial charge in [0.15, 0.2) is 0 Å². The zero-order valence-corrected chi connectivity index (χ0v) is 11.0. The topological polar surface area (TPSA) is 126 Å². The van der Waals surface area contributed by atoms with Crippen molar-refractivity contribution in [2.75, 3.05) is 11.5 Å². The molecule has 0 rings (SSSR count). The van der Waals surface area contributed by atoms with Crippen molar-refractivity contribution in [2.24, 2.45) is 0 Å². The lowest BCUT2D eigenvalue weighted by Gasteiger charge is -2.05. The molecule has 0 fully saturated rings. The largest absolute Gasteiger partial charge is 0.274 e. The first-order chi connectivity index (χ1) is 7.54. The number of hydrogen-bond acceptors (Lipinski definition) is 6. The van der Waals surface area contributed by atoms with Crippen LogP contribution in [0.1, 0.15) is 20.3 Å². The van der Waals surface area contributed by atoms with Gasteiger partial charge in [0.05, 0.1) is 11.5 Å².